The Balaban J connectivity index is 1.80. The number of amides is 1. The maximum absolute atomic E-state index is 13.8. The van der Waals surface area contributed by atoms with Crippen molar-refractivity contribution in [1.29, 1.82) is 0 Å². The molecule has 6 nitrogen and oxygen atoms in total. The number of benzene rings is 3. The van der Waals surface area contributed by atoms with E-state index < -0.39 is 5.54 Å². The molecule has 188 valence electrons. The maximum Gasteiger partial charge on any atom is 0.255 e. The number of likely N-dealkylation sites (N-methyl/N-ethyl adjacent to an activating group) is 1. The summed E-state index contributed by atoms with van der Waals surface area (Å²) in [6.07, 6.45) is 0. The van der Waals surface area contributed by atoms with E-state index in [1.54, 1.807) is 0 Å². The first-order valence-electron chi connectivity index (χ1n) is 13.1. The van der Waals surface area contributed by atoms with Gasteiger partial charge in [0.1, 0.15) is 17.0 Å². The lowest BCUT2D eigenvalue weighted by molar-refractivity contribution is 0.0679. The fraction of sp³-hybridized carbons (Fsp3) is 0.367. The fourth-order valence-electron chi connectivity index (χ4n) is 6.05. The normalized spacial score (nSPS) is 17.5. The van der Waals surface area contributed by atoms with Crippen molar-refractivity contribution in [3.8, 4) is 11.5 Å². The van der Waals surface area contributed by atoms with Crippen LogP contribution in [0, 0.1) is 0 Å². The summed E-state index contributed by atoms with van der Waals surface area (Å²) in [7, 11) is 0. The van der Waals surface area contributed by atoms with Gasteiger partial charge in [-0.05, 0) is 51.5 Å². The van der Waals surface area contributed by atoms with Crippen molar-refractivity contribution in [2.24, 2.45) is 5.73 Å². The summed E-state index contributed by atoms with van der Waals surface area (Å²) in [5.74, 6) is 1.64. The van der Waals surface area contributed by atoms with Gasteiger partial charge in [-0.15, -0.1) is 0 Å². The smallest absolute Gasteiger partial charge is 0.255 e. The molecular formula is C30H36N4O2. The van der Waals surface area contributed by atoms with Crippen molar-refractivity contribution >= 4 is 17.3 Å². The van der Waals surface area contributed by atoms with Crippen LogP contribution < -0.4 is 20.3 Å². The van der Waals surface area contributed by atoms with Crippen molar-refractivity contribution < 1.29 is 9.53 Å². The highest BCUT2D eigenvalue weighted by Gasteiger charge is 2.55. The van der Waals surface area contributed by atoms with Crippen LogP contribution in [0.5, 0.6) is 11.5 Å². The number of rotatable bonds is 8. The summed E-state index contributed by atoms with van der Waals surface area (Å²) in [6, 6.07) is 20.9. The fourth-order valence-corrected chi connectivity index (χ4v) is 6.05. The summed E-state index contributed by atoms with van der Waals surface area (Å²) in [5, 5.41) is 0. The number of hydrogen-bond donors (Lipinski definition) is 1. The minimum atomic E-state index is -0.740. The first-order valence-corrected chi connectivity index (χ1v) is 13.1. The molecule has 3 aromatic rings. The van der Waals surface area contributed by atoms with Crippen LogP contribution in [0.1, 0.15) is 54.7 Å². The van der Waals surface area contributed by atoms with Crippen LogP contribution in [0.2, 0.25) is 0 Å². The minimum Gasteiger partial charge on any atom is -0.456 e. The predicted octanol–water partition coefficient (Wildman–Crippen LogP) is 5.19. The van der Waals surface area contributed by atoms with Gasteiger partial charge in [-0.2, -0.15) is 0 Å². The Morgan fingerprint density at radius 2 is 1.39 bits per heavy atom. The summed E-state index contributed by atoms with van der Waals surface area (Å²) >= 11 is 0. The van der Waals surface area contributed by atoms with Crippen LogP contribution in [-0.4, -0.2) is 50.1 Å². The third-order valence-corrected chi connectivity index (χ3v) is 7.72. The molecule has 0 bridgehead atoms. The van der Waals surface area contributed by atoms with Gasteiger partial charge in [0.25, 0.3) is 5.91 Å². The van der Waals surface area contributed by atoms with Gasteiger partial charge in [-0.1, -0.05) is 30.3 Å². The van der Waals surface area contributed by atoms with E-state index in [-0.39, 0.29) is 5.91 Å². The van der Waals surface area contributed by atoms with Gasteiger partial charge in [-0.3, -0.25) is 4.79 Å². The topological polar surface area (TPSA) is 62.0 Å². The van der Waals surface area contributed by atoms with Crippen LogP contribution >= 0.6 is 0 Å². The second kappa shape index (κ2) is 9.51. The molecule has 2 heterocycles. The zero-order chi connectivity index (χ0) is 25.4. The number of ether oxygens (including phenoxy) is 1. The Morgan fingerprint density at radius 3 is 1.94 bits per heavy atom. The molecule has 0 saturated carbocycles. The van der Waals surface area contributed by atoms with Gasteiger partial charge in [0.2, 0.25) is 0 Å². The average Bonchev–Trinajstić information content (AvgIpc) is 3.16. The third kappa shape index (κ3) is 3.39. The lowest BCUT2D eigenvalue weighted by Crippen LogP contribution is -2.47. The van der Waals surface area contributed by atoms with Gasteiger partial charge < -0.3 is 25.2 Å². The van der Waals surface area contributed by atoms with E-state index in [4.69, 9.17) is 10.5 Å². The average molecular weight is 485 g/mol. The van der Waals surface area contributed by atoms with Crippen LogP contribution in [0.3, 0.4) is 0 Å². The quantitative estimate of drug-likeness (QED) is 0.477. The lowest BCUT2D eigenvalue weighted by atomic mass is 9.74. The summed E-state index contributed by atoms with van der Waals surface area (Å²) in [5.41, 5.74) is 11.1. The second-order valence-corrected chi connectivity index (χ2v) is 9.31. The molecule has 0 aromatic heterocycles. The van der Waals surface area contributed by atoms with Crippen molar-refractivity contribution in [3.05, 3.63) is 82.9 Å². The molecule has 1 spiro atoms. The molecule has 2 aliphatic heterocycles. The van der Waals surface area contributed by atoms with Crippen molar-refractivity contribution in [3.63, 3.8) is 0 Å². The second-order valence-electron chi connectivity index (χ2n) is 9.31. The largest absolute Gasteiger partial charge is 0.456 e. The van der Waals surface area contributed by atoms with Gasteiger partial charge in [0, 0.05) is 79.5 Å². The van der Waals surface area contributed by atoms with E-state index in [0.29, 0.717) is 13.1 Å². The molecule has 0 saturated heterocycles. The highest BCUT2D eigenvalue weighted by Crippen LogP contribution is 2.58. The Labute approximate surface area is 214 Å². The molecule has 0 fully saturated rings. The number of carbonyl (C=O) groups excluding carboxylic acids is 1. The molecule has 0 radical (unpaired) electrons. The molecule has 0 aliphatic carbocycles. The number of nitrogens with zero attached hydrogens (tertiary/aromatic N) is 3. The number of carbonyl (C=O) groups is 1. The van der Waals surface area contributed by atoms with E-state index in [2.05, 4.69) is 80.0 Å². The molecule has 6 heteroatoms. The monoisotopic (exact) mass is 484 g/mol. The van der Waals surface area contributed by atoms with Crippen molar-refractivity contribution in [2.75, 3.05) is 49.1 Å². The Morgan fingerprint density at radius 1 is 0.806 bits per heavy atom. The number of fused-ring (bicyclic) bond motifs is 6. The van der Waals surface area contributed by atoms with Crippen molar-refractivity contribution in [2.45, 2.75) is 33.2 Å². The minimum absolute atomic E-state index is 0.0575. The molecular weight excluding hydrogens is 448 g/mol. The van der Waals surface area contributed by atoms with Crippen LogP contribution in [0.25, 0.3) is 0 Å². The first kappa shape index (κ1) is 24.2. The zero-order valence-corrected chi connectivity index (χ0v) is 21.8. The number of nitrogens with two attached hydrogens (primary N) is 1. The maximum atomic E-state index is 13.8. The zero-order valence-electron chi connectivity index (χ0n) is 21.8. The van der Waals surface area contributed by atoms with E-state index in [1.807, 2.05) is 23.1 Å². The first-order chi connectivity index (χ1) is 17.5. The third-order valence-electron chi connectivity index (χ3n) is 7.72. The molecule has 1 atom stereocenters. The Hall–Kier alpha value is -3.51. The highest BCUT2D eigenvalue weighted by atomic mass is 16.5. The summed E-state index contributed by atoms with van der Waals surface area (Å²) in [6.45, 7) is 13.1. The predicted molar refractivity (Wildman–Crippen MR) is 146 cm³/mol. The molecule has 36 heavy (non-hydrogen) atoms. The van der Waals surface area contributed by atoms with Crippen molar-refractivity contribution in [1.82, 2.24) is 4.90 Å². The Bertz CT molecular complexity index is 1290. The van der Waals surface area contributed by atoms with Crippen LogP contribution in [-0.2, 0) is 5.54 Å². The SMILES string of the molecule is CCN(CC)c1ccc2c(c1)Oc1cc(N(CC)CCN)ccc1C21c2ccccc2C(=O)N1CC. The number of anilines is 2. The van der Waals surface area contributed by atoms with Gasteiger partial charge >= 0.3 is 0 Å². The standard InChI is InChI=1S/C30H36N4O2/c1-5-32(6-2)21-13-15-25-27(19-21)36-28-20-22(33(7-3)18-17-31)14-16-26(28)30(25)24-12-10-9-11-23(24)29(35)34(30)8-4/h9-16,19-20H,5-8,17-18,31H2,1-4H3. The van der Waals surface area contributed by atoms with E-state index in [1.165, 1.54) is 0 Å². The molecule has 5 rings (SSSR count). The molecule has 3 aromatic carbocycles. The van der Waals surface area contributed by atoms with Crippen LogP contribution in [0.4, 0.5) is 11.4 Å². The van der Waals surface area contributed by atoms with Gasteiger partial charge in [-0.25, -0.2) is 0 Å². The highest BCUT2D eigenvalue weighted by molar-refractivity contribution is 6.02. The van der Waals surface area contributed by atoms with Gasteiger partial charge in [0.15, 0.2) is 0 Å². The Kier molecular flexibility index (Phi) is 6.39. The van der Waals surface area contributed by atoms with Crippen LogP contribution in [0.15, 0.2) is 60.7 Å². The molecule has 1 amide bonds. The van der Waals surface area contributed by atoms with Gasteiger partial charge in [0.05, 0.1) is 0 Å². The van der Waals surface area contributed by atoms with E-state index in [0.717, 1.165) is 71.3 Å². The summed E-state index contributed by atoms with van der Waals surface area (Å²) < 4.78 is 6.68. The van der Waals surface area contributed by atoms with E-state index in [9.17, 15) is 4.79 Å². The number of hydrogen-bond acceptors (Lipinski definition) is 5. The molecule has 2 N–H and O–H groups in total. The lowest BCUT2D eigenvalue weighted by Gasteiger charge is -2.44. The molecule has 1 unspecified atom stereocenters. The summed E-state index contributed by atoms with van der Waals surface area (Å²) in [4.78, 5) is 20.3. The van der Waals surface area contributed by atoms with E-state index >= 15 is 0 Å². The molecule has 2 aliphatic rings.